The van der Waals surface area contributed by atoms with Crippen molar-refractivity contribution in [2.75, 3.05) is 47.5 Å². The zero-order valence-electron chi connectivity index (χ0n) is 67.0. The number of hydrogen-bond acceptors (Lipinski definition) is 8. The van der Waals surface area contributed by atoms with E-state index in [2.05, 4.69) is 160 Å². The van der Waals surface area contributed by atoms with E-state index >= 15 is 0 Å². The van der Waals surface area contributed by atoms with Crippen LogP contribution in [0.2, 0.25) is 0 Å². The highest BCUT2D eigenvalue weighted by atomic mass is 31.2. The monoisotopic (exact) mass is 1440 g/mol. The van der Waals surface area contributed by atoms with E-state index in [0.717, 1.165) is 116 Å². The topological polar surface area (TPSA) is 111 Å². The summed E-state index contributed by atoms with van der Waals surface area (Å²) < 4.78 is 34.5. The van der Waals surface area contributed by atoms with Gasteiger partial charge in [-0.3, -0.25) is 14.2 Å². The van der Waals surface area contributed by atoms with Crippen LogP contribution in [0.4, 0.5) is 0 Å². The van der Waals surface area contributed by atoms with E-state index in [0.29, 0.717) is 17.4 Å². The molecule has 10 heteroatoms. The second-order valence-electron chi connectivity index (χ2n) is 29.4. The van der Waals surface area contributed by atoms with Crippen molar-refractivity contribution < 1.29 is 42.1 Å². The van der Waals surface area contributed by atoms with Crippen LogP contribution >= 0.6 is 7.82 Å². The summed E-state index contributed by atoms with van der Waals surface area (Å²) in [6.45, 7) is 4.05. The van der Waals surface area contributed by atoms with Crippen molar-refractivity contribution in [2.24, 2.45) is 0 Å². The molecule has 0 aromatic rings. The fourth-order valence-electron chi connectivity index (χ4n) is 12.0. The number of nitrogens with zero attached hydrogens (tertiary/aromatic N) is 1. The van der Waals surface area contributed by atoms with E-state index in [4.69, 9.17) is 18.5 Å². The van der Waals surface area contributed by atoms with Gasteiger partial charge in [-0.25, -0.2) is 0 Å². The van der Waals surface area contributed by atoms with Crippen LogP contribution in [-0.2, 0) is 32.7 Å². The molecule has 0 aliphatic rings. The molecule has 0 saturated carbocycles. The van der Waals surface area contributed by atoms with E-state index in [1.807, 2.05) is 21.1 Å². The molecule has 0 aliphatic heterocycles. The first-order chi connectivity index (χ1) is 50.0. The first kappa shape index (κ1) is 97.9. The number of hydrogen-bond donors (Lipinski definition) is 0. The summed E-state index contributed by atoms with van der Waals surface area (Å²) >= 11 is 0. The Morgan fingerprint density at radius 1 is 0.304 bits per heavy atom. The van der Waals surface area contributed by atoms with Crippen LogP contribution in [0.5, 0.6) is 0 Å². The highest BCUT2D eigenvalue weighted by molar-refractivity contribution is 7.45. The molecule has 0 radical (unpaired) electrons. The van der Waals surface area contributed by atoms with E-state index < -0.39 is 26.5 Å². The number of rotatable bonds is 78. The SMILES string of the molecule is CC/C=C\C/C=C\C/C=C\C/C=C\C/C=C\C/C=C\C/C=C\CCCCCCCCCCCCCCCCCCCC(=O)OC(COC(=O)CCCCCCCCCCCCCCCCCCCCCCCCC/C=C\C/C=C\C/C=C\C/C=C\C/C=C\CC)COP(=O)([O-])OCC[N+](C)(C)C. The Morgan fingerprint density at radius 3 is 0.784 bits per heavy atom. The molecule has 0 N–H and O–H groups in total. The summed E-state index contributed by atoms with van der Waals surface area (Å²) in [7, 11) is 1.17. The Balaban J connectivity index is 3.93. The number of allylic oxidation sites excluding steroid dienone is 24. The van der Waals surface area contributed by atoms with E-state index in [9.17, 15) is 19.0 Å². The van der Waals surface area contributed by atoms with Gasteiger partial charge in [0.05, 0.1) is 27.7 Å². The van der Waals surface area contributed by atoms with Crippen molar-refractivity contribution in [2.45, 2.75) is 380 Å². The summed E-state index contributed by atoms with van der Waals surface area (Å²) in [6.07, 6.45) is 120. The van der Waals surface area contributed by atoms with Crippen molar-refractivity contribution in [3.8, 4) is 0 Å². The Kier molecular flexibility index (Phi) is 77.7. The second-order valence-corrected chi connectivity index (χ2v) is 30.8. The first-order valence-corrected chi connectivity index (χ1v) is 44.0. The maximum atomic E-state index is 12.9. The lowest BCUT2D eigenvalue weighted by Gasteiger charge is -2.28. The third-order valence-electron chi connectivity index (χ3n) is 18.4. The zero-order chi connectivity index (χ0) is 74.0. The highest BCUT2D eigenvalue weighted by Gasteiger charge is 2.22. The van der Waals surface area contributed by atoms with Gasteiger partial charge >= 0.3 is 11.9 Å². The Morgan fingerprint density at radius 2 is 0.529 bits per heavy atom. The van der Waals surface area contributed by atoms with Crippen LogP contribution in [0.1, 0.15) is 373 Å². The summed E-state index contributed by atoms with van der Waals surface area (Å²) in [4.78, 5) is 38.2. The number of carbonyl (C=O) groups is 2. The maximum absolute atomic E-state index is 12.9. The minimum Gasteiger partial charge on any atom is -0.756 e. The molecule has 0 bridgehead atoms. The number of carbonyl (C=O) groups excluding carboxylic acids is 2. The molecule has 0 spiro atoms. The fourth-order valence-corrected chi connectivity index (χ4v) is 12.7. The number of ether oxygens (including phenoxy) is 2. The molecule has 2 unspecified atom stereocenters. The molecule has 0 aromatic heterocycles. The molecule has 0 fully saturated rings. The van der Waals surface area contributed by atoms with Crippen molar-refractivity contribution in [3.05, 3.63) is 146 Å². The van der Waals surface area contributed by atoms with Crippen LogP contribution in [0, 0.1) is 0 Å². The summed E-state index contributed by atoms with van der Waals surface area (Å²) in [6, 6.07) is 0. The van der Waals surface area contributed by atoms with Gasteiger partial charge in [-0.1, -0.05) is 391 Å². The lowest BCUT2D eigenvalue weighted by atomic mass is 10.0. The highest BCUT2D eigenvalue weighted by Crippen LogP contribution is 2.38. The first-order valence-electron chi connectivity index (χ1n) is 42.5. The third kappa shape index (κ3) is 84.8. The van der Waals surface area contributed by atoms with Crippen molar-refractivity contribution >= 4 is 19.8 Å². The van der Waals surface area contributed by atoms with Gasteiger partial charge < -0.3 is 27.9 Å². The van der Waals surface area contributed by atoms with Crippen LogP contribution < -0.4 is 4.89 Å². The average Bonchev–Trinajstić information content (AvgIpc) is 0.914. The van der Waals surface area contributed by atoms with Crippen molar-refractivity contribution in [1.82, 2.24) is 0 Å². The van der Waals surface area contributed by atoms with Crippen molar-refractivity contribution in [1.29, 1.82) is 0 Å². The van der Waals surface area contributed by atoms with Gasteiger partial charge in [0, 0.05) is 12.8 Å². The largest absolute Gasteiger partial charge is 0.756 e. The number of phosphoric acid groups is 1. The molecule has 0 saturated heterocycles. The van der Waals surface area contributed by atoms with Crippen LogP contribution in [0.25, 0.3) is 0 Å². The van der Waals surface area contributed by atoms with Gasteiger partial charge in [0.1, 0.15) is 19.8 Å². The molecule has 586 valence electrons. The van der Waals surface area contributed by atoms with E-state index in [1.165, 1.54) is 225 Å². The summed E-state index contributed by atoms with van der Waals surface area (Å²) in [5, 5.41) is 0. The number of quaternary nitrogens is 1. The molecule has 9 nitrogen and oxygen atoms in total. The normalized spacial score (nSPS) is 13.7. The van der Waals surface area contributed by atoms with Crippen LogP contribution in [0.15, 0.2) is 146 Å². The Hall–Kier alpha value is -4.11. The van der Waals surface area contributed by atoms with E-state index in [1.54, 1.807) is 0 Å². The molecule has 0 rings (SSSR count). The van der Waals surface area contributed by atoms with Gasteiger partial charge in [-0.05, 0) is 116 Å². The quantitative estimate of drug-likeness (QED) is 0.0195. The van der Waals surface area contributed by atoms with Crippen molar-refractivity contribution in [3.63, 3.8) is 0 Å². The van der Waals surface area contributed by atoms with E-state index in [-0.39, 0.29) is 32.0 Å². The molecule has 2 atom stereocenters. The number of likely N-dealkylation sites (N-methyl/N-ethyl adjacent to an activating group) is 1. The molecule has 102 heavy (non-hydrogen) atoms. The summed E-state index contributed by atoms with van der Waals surface area (Å²) in [5.41, 5.74) is 0. The smallest absolute Gasteiger partial charge is 0.306 e. The summed E-state index contributed by atoms with van der Waals surface area (Å²) in [5.74, 6) is -0.820. The number of esters is 2. The standard InChI is InChI=1S/C92H160NO8P/c1-6-8-10-12-14-16-18-20-22-24-26-28-30-32-34-36-38-40-42-44-46-48-50-52-54-56-58-60-62-64-66-68-70-72-74-76-78-80-82-84-91(94)98-88-90(89-100-102(96,97)99-87-86-93(3,4)5)101-92(95)85-83-81-79-77-75-73-71-69-67-65-63-61-59-57-55-53-51-49-47-45-43-41-39-37-35-33-31-29-27-25-23-21-19-17-15-13-11-9-7-2/h8-11,14-17,20-23,26-29,32-35,39,41,45,47,90H,6-7,12-13,18-19,24-25,30-31,36-38,40,42-44,46,48-89H2,1-5H3/b10-8-,11-9-,16-14-,17-15-,22-20-,23-21-,28-26-,29-27-,34-32-,35-33-,41-39-,47-45-. The molecular formula is C92H160NO8P. The predicted molar refractivity (Wildman–Crippen MR) is 443 cm³/mol. The zero-order valence-corrected chi connectivity index (χ0v) is 67.9. The van der Waals surface area contributed by atoms with Gasteiger partial charge in [0.25, 0.3) is 7.82 Å². The lowest BCUT2D eigenvalue weighted by molar-refractivity contribution is -0.870. The Bertz CT molecular complexity index is 2240. The fraction of sp³-hybridized carbons (Fsp3) is 0.717. The van der Waals surface area contributed by atoms with Gasteiger partial charge in [0.2, 0.25) is 0 Å². The molecule has 0 heterocycles. The minimum atomic E-state index is -4.65. The predicted octanol–water partition coefficient (Wildman–Crippen LogP) is 28.2. The molecule has 0 aromatic carbocycles. The van der Waals surface area contributed by atoms with Gasteiger partial charge in [-0.2, -0.15) is 0 Å². The lowest BCUT2D eigenvalue weighted by Crippen LogP contribution is -2.37. The molecule has 0 amide bonds. The maximum Gasteiger partial charge on any atom is 0.306 e. The van der Waals surface area contributed by atoms with Crippen LogP contribution in [0.3, 0.4) is 0 Å². The van der Waals surface area contributed by atoms with Crippen LogP contribution in [-0.4, -0.2) is 70.0 Å². The van der Waals surface area contributed by atoms with Gasteiger partial charge in [-0.15, -0.1) is 0 Å². The Labute approximate surface area is 631 Å². The molecule has 0 aliphatic carbocycles. The number of phosphoric ester groups is 1. The second kappa shape index (κ2) is 81.0. The average molecular weight is 1440 g/mol. The minimum absolute atomic E-state index is 0.0329. The van der Waals surface area contributed by atoms with Gasteiger partial charge in [0.15, 0.2) is 6.10 Å². The third-order valence-corrected chi connectivity index (χ3v) is 19.3. The molecular weight excluding hydrogens is 1280 g/mol. The number of unbranched alkanes of at least 4 members (excludes halogenated alkanes) is 40.